The third-order valence-electron chi connectivity index (χ3n) is 6.92. The predicted molar refractivity (Wildman–Crippen MR) is 125 cm³/mol. The Morgan fingerprint density at radius 1 is 1.22 bits per heavy atom. The smallest absolute Gasteiger partial charge is 0.277 e. The molecular formula is C25H33N5O2. The van der Waals surface area contributed by atoms with Crippen molar-refractivity contribution in [3.05, 3.63) is 62.7 Å². The summed E-state index contributed by atoms with van der Waals surface area (Å²) in [5.74, 6) is 1.51. The second kappa shape index (κ2) is 8.71. The van der Waals surface area contributed by atoms with Gasteiger partial charge in [-0.25, -0.2) is 9.50 Å². The number of ether oxygens (including phenoxy) is 1. The fourth-order valence-corrected chi connectivity index (χ4v) is 4.79. The maximum atomic E-state index is 13.2. The number of hydrogen-bond acceptors (Lipinski definition) is 5. The molecule has 0 atom stereocenters. The van der Waals surface area contributed by atoms with E-state index in [0.29, 0.717) is 12.5 Å². The summed E-state index contributed by atoms with van der Waals surface area (Å²) < 4.78 is 7.25. The molecule has 32 heavy (non-hydrogen) atoms. The number of aromatic amines is 1. The van der Waals surface area contributed by atoms with E-state index in [4.69, 9.17) is 9.72 Å². The molecule has 0 radical (unpaired) electrons. The molecule has 3 heterocycles. The third-order valence-corrected chi connectivity index (χ3v) is 6.92. The summed E-state index contributed by atoms with van der Waals surface area (Å²) in [6, 6.07) is 8.53. The average Bonchev–Trinajstić information content (AvgIpc) is 3.57. The van der Waals surface area contributed by atoms with Crippen LogP contribution in [-0.2, 0) is 26.1 Å². The highest BCUT2D eigenvalue weighted by molar-refractivity contribution is 5.44. The van der Waals surface area contributed by atoms with Crippen molar-refractivity contribution in [2.75, 3.05) is 26.7 Å². The summed E-state index contributed by atoms with van der Waals surface area (Å²) in [4.78, 5) is 22.8. The normalized spacial score (nSPS) is 16.6. The van der Waals surface area contributed by atoms with Crippen molar-refractivity contribution in [2.45, 2.75) is 58.7 Å². The van der Waals surface area contributed by atoms with Crippen LogP contribution in [0.15, 0.2) is 29.1 Å². The van der Waals surface area contributed by atoms with E-state index in [2.05, 4.69) is 53.0 Å². The van der Waals surface area contributed by atoms with Crippen LogP contribution in [0, 0.1) is 0 Å². The molecule has 170 valence electrons. The van der Waals surface area contributed by atoms with Crippen molar-refractivity contribution in [2.24, 2.45) is 0 Å². The molecule has 2 aromatic heterocycles. The molecule has 0 bridgehead atoms. The summed E-state index contributed by atoms with van der Waals surface area (Å²) in [5, 5.41) is 3.29. The molecule has 1 fully saturated rings. The lowest BCUT2D eigenvalue weighted by Crippen LogP contribution is -2.36. The van der Waals surface area contributed by atoms with E-state index in [0.717, 1.165) is 67.5 Å². The molecule has 1 saturated carbocycles. The number of benzene rings is 1. The fourth-order valence-electron chi connectivity index (χ4n) is 4.79. The molecule has 1 N–H and O–H groups in total. The van der Waals surface area contributed by atoms with Crippen LogP contribution in [0.3, 0.4) is 0 Å². The number of nitrogens with one attached hydrogen (secondary N) is 1. The summed E-state index contributed by atoms with van der Waals surface area (Å²) in [7, 11) is 1.73. The second-order valence-electron chi connectivity index (χ2n) is 9.09. The third kappa shape index (κ3) is 4.07. The summed E-state index contributed by atoms with van der Waals surface area (Å²) in [6.07, 6.45) is 3.22. The van der Waals surface area contributed by atoms with Gasteiger partial charge >= 0.3 is 0 Å². The van der Waals surface area contributed by atoms with Gasteiger partial charge in [-0.1, -0.05) is 19.9 Å². The van der Waals surface area contributed by atoms with E-state index < -0.39 is 0 Å². The second-order valence-corrected chi connectivity index (χ2v) is 9.09. The van der Waals surface area contributed by atoms with Crippen molar-refractivity contribution in [1.29, 1.82) is 0 Å². The Bertz CT molecular complexity index is 1170. The van der Waals surface area contributed by atoms with E-state index in [1.807, 2.05) is 0 Å². The molecule has 1 aromatic carbocycles. The average molecular weight is 436 g/mol. The SMILES string of the molecule is CCN(CC)Cc1cc(CN2CCc3nc4cc(C5CC5)[nH]n4c(=O)c3C2)ccc1OC. The number of hydrogen-bond donors (Lipinski definition) is 1. The number of methoxy groups -OCH3 is 1. The molecule has 0 spiro atoms. The van der Waals surface area contributed by atoms with Crippen molar-refractivity contribution >= 4 is 5.65 Å². The maximum Gasteiger partial charge on any atom is 0.277 e. The van der Waals surface area contributed by atoms with Crippen LogP contribution < -0.4 is 10.3 Å². The van der Waals surface area contributed by atoms with Gasteiger partial charge in [-0.05, 0) is 43.6 Å². The lowest BCUT2D eigenvalue weighted by molar-refractivity contribution is 0.241. The van der Waals surface area contributed by atoms with E-state index >= 15 is 0 Å². The molecule has 1 aliphatic carbocycles. The van der Waals surface area contributed by atoms with Gasteiger partial charge in [-0.2, -0.15) is 0 Å². The molecule has 0 unspecified atom stereocenters. The van der Waals surface area contributed by atoms with E-state index in [-0.39, 0.29) is 5.56 Å². The summed E-state index contributed by atoms with van der Waals surface area (Å²) >= 11 is 0. The van der Waals surface area contributed by atoms with E-state index in [1.165, 1.54) is 24.0 Å². The number of rotatable bonds is 8. The molecule has 7 nitrogen and oxygen atoms in total. The minimum absolute atomic E-state index is 0.0542. The van der Waals surface area contributed by atoms with Gasteiger partial charge in [0, 0.05) is 55.8 Å². The van der Waals surface area contributed by atoms with Gasteiger partial charge in [0.2, 0.25) is 0 Å². The first-order chi connectivity index (χ1) is 15.6. The van der Waals surface area contributed by atoms with Crippen molar-refractivity contribution in [3.63, 3.8) is 0 Å². The molecule has 1 aliphatic heterocycles. The fraction of sp³-hybridized carbons (Fsp3) is 0.520. The molecule has 0 amide bonds. The molecule has 7 heteroatoms. The molecule has 3 aromatic rings. The van der Waals surface area contributed by atoms with Gasteiger partial charge in [0.25, 0.3) is 5.56 Å². The minimum atomic E-state index is 0.0542. The Balaban J connectivity index is 1.37. The van der Waals surface area contributed by atoms with Gasteiger partial charge in [0.15, 0.2) is 5.65 Å². The quantitative estimate of drug-likeness (QED) is 0.588. The number of nitrogens with zero attached hydrogens (tertiary/aromatic N) is 4. The van der Waals surface area contributed by atoms with Gasteiger partial charge < -0.3 is 4.74 Å². The van der Waals surface area contributed by atoms with Crippen LogP contribution in [0.5, 0.6) is 5.75 Å². The predicted octanol–water partition coefficient (Wildman–Crippen LogP) is 3.31. The minimum Gasteiger partial charge on any atom is -0.496 e. The van der Waals surface area contributed by atoms with Crippen LogP contribution in [0.2, 0.25) is 0 Å². The Hall–Kier alpha value is -2.64. The standard InChI is InChI=1S/C25H33N5O2/c1-4-28(5-2)15-19-12-17(6-9-23(19)32-3)14-29-11-10-21-20(16-29)25(31)30-24(26-21)13-22(27-30)18-7-8-18/h6,9,12-13,18,27H,4-5,7-8,10-11,14-16H2,1-3H3. The first-order valence-corrected chi connectivity index (χ1v) is 11.8. The number of aromatic nitrogens is 3. The molecule has 5 rings (SSSR count). The topological polar surface area (TPSA) is 65.9 Å². The van der Waals surface area contributed by atoms with Gasteiger partial charge in [-0.3, -0.25) is 19.7 Å². The zero-order chi connectivity index (χ0) is 22.2. The maximum absolute atomic E-state index is 13.2. The molecular weight excluding hydrogens is 402 g/mol. The van der Waals surface area contributed by atoms with Gasteiger partial charge in [0.05, 0.1) is 18.4 Å². The van der Waals surface area contributed by atoms with Gasteiger partial charge in [-0.15, -0.1) is 0 Å². The first-order valence-electron chi connectivity index (χ1n) is 11.8. The number of H-pyrrole nitrogens is 1. The Morgan fingerprint density at radius 3 is 2.75 bits per heavy atom. The lowest BCUT2D eigenvalue weighted by Gasteiger charge is -2.28. The zero-order valence-corrected chi connectivity index (χ0v) is 19.4. The van der Waals surface area contributed by atoms with E-state index in [1.54, 1.807) is 11.6 Å². The highest BCUT2D eigenvalue weighted by Gasteiger charge is 2.28. The Labute approximate surface area is 189 Å². The largest absolute Gasteiger partial charge is 0.496 e. The first kappa shape index (κ1) is 21.2. The molecule has 2 aliphatic rings. The van der Waals surface area contributed by atoms with Crippen LogP contribution in [0.4, 0.5) is 0 Å². The van der Waals surface area contributed by atoms with Crippen molar-refractivity contribution < 1.29 is 4.74 Å². The summed E-state index contributed by atoms with van der Waals surface area (Å²) in [6.45, 7) is 9.64. The van der Waals surface area contributed by atoms with Crippen LogP contribution in [-0.4, -0.2) is 51.1 Å². The van der Waals surface area contributed by atoms with Gasteiger partial charge in [0.1, 0.15) is 5.75 Å². The monoisotopic (exact) mass is 435 g/mol. The lowest BCUT2D eigenvalue weighted by atomic mass is 10.0. The van der Waals surface area contributed by atoms with Crippen molar-refractivity contribution in [3.8, 4) is 5.75 Å². The number of fused-ring (bicyclic) bond motifs is 2. The molecule has 0 saturated heterocycles. The zero-order valence-electron chi connectivity index (χ0n) is 19.4. The highest BCUT2D eigenvalue weighted by Crippen LogP contribution is 2.39. The van der Waals surface area contributed by atoms with Crippen LogP contribution >= 0.6 is 0 Å². The van der Waals surface area contributed by atoms with Crippen LogP contribution in [0.25, 0.3) is 5.65 Å². The summed E-state index contributed by atoms with van der Waals surface area (Å²) in [5.41, 5.74) is 6.22. The van der Waals surface area contributed by atoms with E-state index in [9.17, 15) is 4.79 Å². The van der Waals surface area contributed by atoms with Crippen LogP contribution in [0.1, 0.15) is 60.7 Å². The van der Waals surface area contributed by atoms with Crippen molar-refractivity contribution in [1.82, 2.24) is 24.4 Å². The highest BCUT2D eigenvalue weighted by atomic mass is 16.5. The Kier molecular flexibility index (Phi) is 5.78. The Morgan fingerprint density at radius 2 is 2.03 bits per heavy atom.